The molecule has 0 rings (SSSR count). The van der Waals surface area contributed by atoms with Crippen LogP contribution in [0.5, 0.6) is 0 Å². The first kappa shape index (κ1) is 10.2. The summed E-state index contributed by atoms with van der Waals surface area (Å²) in [4.78, 5) is 15.4. The van der Waals surface area contributed by atoms with Crippen LogP contribution in [0, 0.1) is 0 Å². The Morgan fingerprint density at radius 1 is 1.40 bits per heavy atom. The van der Waals surface area contributed by atoms with E-state index in [-0.39, 0.29) is 37.7 Å². The predicted octanol–water partition coefficient (Wildman–Crippen LogP) is -1.82. The van der Waals surface area contributed by atoms with Gasteiger partial charge in [-0.05, 0) is 0 Å². The second-order valence-electron chi connectivity index (χ2n) is 0.372. The molecule has 0 atom stereocenters. The van der Waals surface area contributed by atoms with Crippen molar-refractivity contribution in [2.24, 2.45) is 0 Å². The fraction of sp³-hybridized carbons (Fsp3) is 0. The maximum atomic E-state index is 7.69. The van der Waals surface area contributed by atoms with Gasteiger partial charge in [0.2, 0.25) is 0 Å². The Hall–Kier alpha value is 2.14. The summed E-state index contributed by atoms with van der Waals surface area (Å²) in [7, 11) is -1.59. The molecule has 0 fully saturated rings. The van der Waals surface area contributed by atoms with Crippen LogP contribution in [0.1, 0.15) is 0 Å². The molecular formula is H5AlCaO2P. The Kier molecular flexibility index (Phi) is 12.5. The summed E-state index contributed by atoms with van der Waals surface area (Å²) in [6, 6.07) is 0. The molecule has 0 aromatic heterocycles. The molecule has 0 aliphatic rings. The molecule has 27 valence electrons. The van der Waals surface area contributed by atoms with E-state index in [1.165, 1.54) is 15.8 Å². The Morgan fingerprint density at radius 3 is 1.40 bits per heavy atom. The molecular weight excluding hydrogens is 130 g/mol. The Labute approximate surface area is 69.5 Å². The summed E-state index contributed by atoms with van der Waals surface area (Å²) in [6.07, 6.45) is 0. The van der Waals surface area contributed by atoms with Crippen molar-refractivity contribution in [3.05, 3.63) is 0 Å². The monoisotopic (exact) mass is 135 g/mol. The van der Waals surface area contributed by atoms with Crippen LogP contribution in [0.15, 0.2) is 0 Å². The summed E-state index contributed by atoms with van der Waals surface area (Å²) < 4.78 is 0. The average Bonchev–Trinajstić information content (AvgIpc) is 0.811. The summed E-state index contributed by atoms with van der Waals surface area (Å²) in [6.45, 7) is 0. The standard InChI is InChI=1S/Al.Ca.H2O2P.3H/c;;1-3-2;;;/h;;1-2H;;;/q+1;;-1;;;. The molecule has 0 aromatic rings. The average molecular weight is 135 g/mol. The molecule has 0 aliphatic heterocycles. The third-order valence-corrected chi connectivity index (χ3v) is 0. The van der Waals surface area contributed by atoms with Crippen molar-refractivity contribution in [1.29, 1.82) is 0 Å². The number of rotatable bonds is 0. The van der Waals surface area contributed by atoms with Gasteiger partial charge in [0, 0.05) is 7.02 Å². The SMILES string of the molecule is O[P](O)[AlH].[CaH2]. The summed E-state index contributed by atoms with van der Waals surface area (Å²) in [5.74, 6) is 0. The van der Waals surface area contributed by atoms with Gasteiger partial charge in [-0.2, -0.15) is 0 Å². The Bertz CT molecular complexity index is 14.4. The molecule has 1 radical (unpaired) electrons. The molecule has 2 N–H and O–H groups in total. The van der Waals surface area contributed by atoms with Gasteiger partial charge in [-0.3, -0.25) is 0 Å². The van der Waals surface area contributed by atoms with Crippen LogP contribution < -0.4 is 0 Å². The van der Waals surface area contributed by atoms with Crippen molar-refractivity contribution in [2.75, 3.05) is 0 Å². The van der Waals surface area contributed by atoms with E-state index in [0.29, 0.717) is 0 Å². The van der Waals surface area contributed by atoms with E-state index in [9.17, 15) is 0 Å². The topological polar surface area (TPSA) is 40.5 Å². The van der Waals surface area contributed by atoms with Gasteiger partial charge in [0.25, 0.3) is 0 Å². The molecule has 0 saturated heterocycles. The zero-order valence-electron chi connectivity index (χ0n) is 2.05. The van der Waals surface area contributed by atoms with Gasteiger partial charge < -0.3 is 9.79 Å². The fourth-order valence-electron chi connectivity index (χ4n) is 0. The van der Waals surface area contributed by atoms with Gasteiger partial charge in [0.1, 0.15) is 0 Å². The second-order valence-corrected chi connectivity index (χ2v) is 2.81. The quantitative estimate of drug-likeness (QED) is 0.303. The van der Waals surface area contributed by atoms with Crippen molar-refractivity contribution < 1.29 is 9.79 Å². The molecule has 0 spiro atoms. The fourth-order valence-corrected chi connectivity index (χ4v) is 0. The molecule has 5 heavy (non-hydrogen) atoms. The first-order valence-electron chi connectivity index (χ1n) is 0.716. The van der Waals surface area contributed by atoms with Crippen molar-refractivity contribution in [2.45, 2.75) is 0 Å². The molecule has 0 aliphatic carbocycles. The van der Waals surface area contributed by atoms with Gasteiger partial charge >= 0.3 is 53.6 Å². The summed E-state index contributed by atoms with van der Waals surface area (Å²) in [5, 5.41) is 0. The van der Waals surface area contributed by atoms with Crippen molar-refractivity contribution >= 4 is 60.6 Å². The molecule has 0 saturated carbocycles. The van der Waals surface area contributed by atoms with Crippen LogP contribution in [-0.4, -0.2) is 63.4 Å². The van der Waals surface area contributed by atoms with Crippen molar-refractivity contribution in [1.82, 2.24) is 0 Å². The third-order valence-electron chi connectivity index (χ3n) is 0. The second kappa shape index (κ2) is 6.14. The summed E-state index contributed by atoms with van der Waals surface area (Å²) in [5.41, 5.74) is 0. The van der Waals surface area contributed by atoms with Crippen LogP contribution >= 0.6 is 7.02 Å². The van der Waals surface area contributed by atoms with E-state index >= 15 is 0 Å². The summed E-state index contributed by atoms with van der Waals surface area (Å²) >= 11 is 1.18. The van der Waals surface area contributed by atoms with E-state index in [1.807, 2.05) is 0 Å². The van der Waals surface area contributed by atoms with Crippen LogP contribution in [0.4, 0.5) is 0 Å². The van der Waals surface area contributed by atoms with Gasteiger partial charge in [0.05, 0.1) is 0 Å². The Morgan fingerprint density at radius 2 is 1.40 bits per heavy atom. The Balaban J connectivity index is 0. The molecule has 0 amide bonds. The zero-order valence-corrected chi connectivity index (χ0v) is 4.36. The van der Waals surface area contributed by atoms with E-state index in [1.54, 1.807) is 0 Å². The minimum absolute atomic E-state index is 0. The number of hydrogen-bond donors (Lipinski definition) is 2. The van der Waals surface area contributed by atoms with Crippen LogP contribution in [-0.2, 0) is 0 Å². The van der Waals surface area contributed by atoms with Crippen LogP contribution in [0.3, 0.4) is 0 Å². The molecule has 2 nitrogen and oxygen atoms in total. The maximum absolute atomic E-state index is 7.69. The first-order valence-corrected chi connectivity index (χ1v) is 4.05. The van der Waals surface area contributed by atoms with Gasteiger partial charge in [-0.15, -0.1) is 0 Å². The van der Waals surface area contributed by atoms with E-state index < -0.39 is 7.02 Å². The van der Waals surface area contributed by atoms with E-state index in [4.69, 9.17) is 9.79 Å². The van der Waals surface area contributed by atoms with Gasteiger partial charge in [-0.25, -0.2) is 0 Å². The number of hydrogen-bond acceptors (Lipinski definition) is 2. The van der Waals surface area contributed by atoms with Crippen LogP contribution in [0.25, 0.3) is 0 Å². The van der Waals surface area contributed by atoms with Crippen molar-refractivity contribution in [3.63, 3.8) is 0 Å². The normalized spacial score (nSPS) is 7.00. The van der Waals surface area contributed by atoms with Crippen LogP contribution in [0.2, 0.25) is 0 Å². The molecule has 0 aromatic carbocycles. The predicted molar refractivity (Wildman–Crippen MR) is 27.1 cm³/mol. The van der Waals surface area contributed by atoms with Crippen molar-refractivity contribution in [3.8, 4) is 0 Å². The molecule has 0 bridgehead atoms. The van der Waals surface area contributed by atoms with E-state index in [0.717, 1.165) is 0 Å². The molecule has 0 heterocycles. The molecule has 0 unspecified atom stereocenters. The van der Waals surface area contributed by atoms with Gasteiger partial charge in [0.15, 0.2) is 0 Å². The third kappa shape index (κ3) is 23.0. The van der Waals surface area contributed by atoms with Gasteiger partial charge in [-0.1, -0.05) is 0 Å². The zero-order chi connectivity index (χ0) is 3.58. The first-order chi connectivity index (χ1) is 1.73. The van der Waals surface area contributed by atoms with E-state index in [2.05, 4.69) is 0 Å². The molecule has 5 heteroatoms. The minimum atomic E-state index is -1.59.